The van der Waals surface area contributed by atoms with E-state index in [0.29, 0.717) is 6.54 Å². The minimum absolute atomic E-state index is 0.520. The Labute approximate surface area is 103 Å². The van der Waals surface area contributed by atoms with Crippen LogP contribution in [0.15, 0.2) is 22.7 Å². The van der Waals surface area contributed by atoms with Gasteiger partial charge < -0.3 is 15.2 Å². The lowest BCUT2D eigenvalue weighted by Crippen LogP contribution is -2.29. The first kappa shape index (κ1) is 11.5. The second-order valence-electron chi connectivity index (χ2n) is 4.06. The molecule has 0 atom stereocenters. The van der Waals surface area contributed by atoms with E-state index in [1.165, 1.54) is 0 Å². The molecule has 0 aromatic heterocycles. The van der Waals surface area contributed by atoms with E-state index in [4.69, 9.17) is 15.2 Å². The topological polar surface area (TPSA) is 44.5 Å². The van der Waals surface area contributed by atoms with E-state index < -0.39 is 5.79 Å². The Hall–Kier alpha value is -1.00. The van der Waals surface area contributed by atoms with Crippen LogP contribution in [0.4, 0.5) is 0 Å². The van der Waals surface area contributed by atoms with E-state index in [0.717, 1.165) is 21.5 Å². The summed E-state index contributed by atoms with van der Waals surface area (Å²) in [4.78, 5) is 0. The summed E-state index contributed by atoms with van der Waals surface area (Å²) in [6.45, 7) is 4.29. The molecule has 0 unspecified atom stereocenters. The Balaban J connectivity index is 2.37. The van der Waals surface area contributed by atoms with E-state index in [-0.39, 0.29) is 0 Å². The van der Waals surface area contributed by atoms with Gasteiger partial charge in [0.1, 0.15) is 0 Å². The predicted molar refractivity (Wildman–Crippen MR) is 67.6 cm³/mol. The molecule has 0 saturated carbocycles. The summed E-state index contributed by atoms with van der Waals surface area (Å²) >= 11 is 3.49. The number of hydrogen-bond acceptors (Lipinski definition) is 3. The molecule has 0 fully saturated rings. The van der Waals surface area contributed by atoms with E-state index in [1.54, 1.807) is 0 Å². The molecule has 1 aliphatic heterocycles. The van der Waals surface area contributed by atoms with E-state index in [2.05, 4.69) is 15.9 Å². The van der Waals surface area contributed by atoms with Crippen molar-refractivity contribution >= 4 is 22.0 Å². The molecule has 0 spiro atoms. The number of benzene rings is 1. The fourth-order valence-electron chi connectivity index (χ4n) is 1.58. The van der Waals surface area contributed by atoms with Gasteiger partial charge in [0.25, 0.3) is 0 Å². The molecule has 2 rings (SSSR count). The first-order valence-corrected chi connectivity index (χ1v) is 5.89. The van der Waals surface area contributed by atoms with E-state index in [9.17, 15) is 0 Å². The Morgan fingerprint density at radius 3 is 2.56 bits per heavy atom. The fraction of sp³-hybridized carbons (Fsp3) is 0.333. The summed E-state index contributed by atoms with van der Waals surface area (Å²) < 4.78 is 12.3. The Kier molecular flexibility index (Phi) is 2.95. The van der Waals surface area contributed by atoms with Crippen LogP contribution in [0.2, 0.25) is 0 Å². The minimum atomic E-state index is -0.585. The molecule has 0 radical (unpaired) electrons. The summed E-state index contributed by atoms with van der Waals surface area (Å²) in [6.07, 6.45) is 3.85. The number of hydrogen-bond donors (Lipinski definition) is 1. The number of nitrogens with two attached hydrogens (primary N) is 1. The van der Waals surface area contributed by atoms with Gasteiger partial charge in [0.05, 0.1) is 0 Å². The number of halogens is 1. The molecule has 3 nitrogen and oxygen atoms in total. The van der Waals surface area contributed by atoms with Crippen LogP contribution < -0.4 is 15.2 Å². The van der Waals surface area contributed by atoms with Crippen molar-refractivity contribution in [2.24, 2.45) is 5.73 Å². The van der Waals surface area contributed by atoms with Gasteiger partial charge in [-0.25, -0.2) is 0 Å². The van der Waals surface area contributed by atoms with Crippen LogP contribution >= 0.6 is 15.9 Å². The summed E-state index contributed by atoms with van der Waals surface area (Å²) in [7, 11) is 0. The van der Waals surface area contributed by atoms with E-state index >= 15 is 0 Å². The first-order chi connectivity index (χ1) is 7.52. The fourth-order valence-corrected chi connectivity index (χ4v) is 2.04. The molecule has 86 valence electrons. The smallest absolute Gasteiger partial charge is 0.246 e. The van der Waals surface area contributed by atoms with E-state index in [1.807, 2.05) is 38.1 Å². The zero-order valence-electron chi connectivity index (χ0n) is 9.29. The molecule has 0 bridgehead atoms. The molecule has 0 aliphatic carbocycles. The van der Waals surface area contributed by atoms with Crippen LogP contribution in [0, 0.1) is 0 Å². The van der Waals surface area contributed by atoms with Crippen molar-refractivity contribution in [3.8, 4) is 11.5 Å². The Morgan fingerprint density at radius 1 is 1.31 bits per heavy atom. The molecule has 1 aliphatic rings. The van der Waals surface area contributed by atoms with Crippen LogP contribution in [0.5, 0.6) is 11.5 Å². The lowest BCUT2D eigenvalue weighted by atomic mass is 10.2. The maximum absolute atomic E-state index is 5.66. The van der Waals surface area contributed by atoms with Crippen molar-refractivity contribution in [1.29, 1.82) is 0 Å². The molecule has 0 saturated heterocycles. The summed E-state index contributed by atoms with van der Waals surface area (Å²) in [5.74, 6) is 0.949. The van der Waals surface area contributed by atoms with Crippen molar-refractivity contribution in [2.75, 3.05) is 6.54 Å². The first-order valence-electron chi connectivity index (χ1n) is 5.10. The van der Waals surface area contributed by atoms with Crippen molar-refractivity contribution in [3.05, 3.63) is 28.2 Å². The van der Waals surface area contributed by atoms with Gasteiger partial charge in [-0.3, -0.25) is 0 Å². The Morgan fingerprint density at radius 2 is 1.94 bits per heavy atom. The summed E-state index contributed by atoms with van der Waals surface area (Å²) in [5, 5.41) is 0. The highest BCUT2D eigenvalue weighted by Gasteiger charge is 2.32. The highest BCUT2D eigenvalue weighted by molar-refractivity contribution is 9.10. The van der Waals surface area contributed by atoms with Crippen molar-refractivity contribution < 1.29 is 9.47 Å². The molecule has 1 aromatic carbocycles. The third-order valence-corrected chi connectivity index (χ3v) is 2.89. The normalized spacial score (nSPS) is 17.0. The lowest BCUT2D eigenvalue weighted by molar-refractivity contribution is -0.0431. The van der Waals surface area contributed by atoms with Gasteiger partial charge in [-0.15, -0.1) is 0 Å². The second kappa shape index (κ2) is 4.11. The van der Waals surface area contributed by atoms with Crippen LogP contribution in [0.1, 0.15) is 19.4 Å². The maximum Gasteiger partial charge on any atom is 0.246 e. The van der Waals surface area contributed by atoms with Crippen molar-refractivity contribution in [3.63, 3.8) is 0 Å². The molecule has 4 heteroatoms. The zero-order valence-corrected chi connectivity index (χ0v) is 10.9. The van der Waals surface area contributed by atoms with Gasteiger partial charge in [0.15, 0.2) is 11.5 Å². The summed E-state index contributed by atoms with van der Waals surface area (Å²) in [5.41, 5.74) is 6.46. The van der Waals surface area contributed by atoms with Gasteiger partial charge in [0, 0.05) is 24.9 Å². The average molecular weight is 284 g/mol. The Bertz CT molecular complexity index is 441. The van der Waals surface area contributed by atoms with Gasteiger partial charge >= 0.3 is 0 Å². The highest BCUT2D eigenvalue weighted by Crippen LogP contribution is 2.42. The van der Waals surface area contributed by atoms with Crippen molar-refractivity contribution in [1.82, 2.24) is 0 Å². The molecule has 16 heavy (non-hydrogen) atoms. The van der Waals surface area contributed by atoms with Gasteiger partial charge in [-0.05, 0) is 17.7 Å². The van der Waals surface area contributed by atoms with Crippen LogP contribution in [0.25, 0.3) is 6.08 Å². The summed E-state index contributed by atoms with van der Waals surface area (Å²) in [6, 6.07) is 3.86. The van der Waals surface area contributed by atoms with Gasteiger partial charge in [-0.1, -0.05) is 28.1 Å². The number of ether oxygens (including phenoxy) is 2. The van der Waals surface area contributed by atoms with Gasteiger partial charge in [0.2, 0.25) is 5.79 Å². The molecule has 1 heterocycles. The minimum Gasteiger partial charge on any atom is -0.449 e. The van der Waals surface area contributed by atoms with Crippen LogP contribution in [-0.2, 0) is 0 Å². The molecular formula is C12H14BrNO2. The SMILES string of the molecule is CC1(C)Oc2cc(Br)c(/C=C/CN)cc2O1. The quantitative estimate of drug-likeness (QED) is 0.908. The second-order valence-corrected chi connectivity index (χ2v) is 4.92. The standard InChI is InChI=1S/C12H14BrNO2/c1-12(2)15-10-6-8(4-3-5-14)9(13)7-11(10)16-12/h3-4,6-7H,5,14H2,1-2H3/b4-3+. The monoisotopic (exact) mass is 283 g/mol. The average Bonchev–Trinajstić information content (AvgIpc) is 2.47. The number of fused-ring (bicyclic) bond motifs is 1. The third-order valence-electron chi connectivity index (χ3n) is 2.21. The van der Waals surface area contributed by atoms with Crippen molar-refractivity contribution in [2.45, 2.75) is 19.6 Å². The maximum atomic E-state index is 5.66. The molecule has 1 aromatic rings. The number of rotatable bonds is 2. The highest BCUT2D eigenvalue weighted by atomic mass is 79.9. The van der Waals surface area contributed by atoms with Crippen LogP contribution in [0.3, 0.4) is 0 Å². The molecule has 0 amide bonds. The lowest BCUT2D eigenvalue weighted by Gasteiger charge is -2.16. The molecular weight excluding hydrogens is 270 g/mol. The molecule has 2 N–H and O–H groups in total. The third kappa shape index (κ3) is 2.23. The zero-order chi connectivity index (χ0) is 11.8. The largest absolute Gasteiger partial charge is 0.449 e. The predicted octanol–water partition coefficient (Wildman–Crippen LogP) is 2.93. The van der Waals surface area contributed by atoms with Gasteiger partial charge in [-0.2, -0.15) is 0 Å². The van der Waals surface area contributed by atoms with Crippen LogP contribution in [-0.4, -0.2) is 12.3 Å².